The van der Waals surface area contributed by atoms with Crippen molar-refractivity contribution in [3.05, 3.63) is 95.7 Å². The van der Waals surface area contributed by atoms with Crippen molar-refractivity contribution in [3.63, 3.8) is 0 Å². The maximum absolute atomic E-state index is 4.85. The average molecular weight is 437 g/mol. The molecule has 8 heteroatoms. The fraction of sp³-hybridized carbons (Fsp3) is 0.200. The Morgan fingerprint density at radius 2 is 1.67 bits per heavy atom. The highest BCUT2D eigenvalue weighted by Crippen LogP contribution is 2.28. The number of benzene rings is 2. The van der Waals surface area contributed by atoms with Crippen LogP contribution in [0, 0.1) is 0 Å². The van der Waals surface area contributed by atoms with Crippen molar-refractivity contribution in [2.45, 2.75) is 32.7 Å². The molecule has 8 nitrogen and oxygen atoms in total. The number of nitrogens with zero attached hydrogens (tertiary/aromatic N) is 7. The van der Waals surface area contributed by atoms with E-state index in [1.54, 1.807) is 0 Å². The highest BCUT2D eigenvalue weighted by Gasteiger charge is 2.13. The number of H-pyrrole nitrogens is 1. The molecule has 5 rings (SSSR count). The Labute approximate surface area is 191 Å². The molecule has 0 unspecified atom stereocenters. The van der Waals surface area contributed by atoms with E-state index in [1.807, 2.05) is 59.4 Å². The third-order valence-corrected chi connectivity index (χ3v) is 5.42. The molecule has 5 aromatic rings. The molecule has 0 saturated heterocycles. The second-order valence-electron chi connectivity index (χ2n) is 7.85. The van der Waals surface area contributed by atoms with Gasteiger partial charge in [0.25, 0.3) is 0 Å². The van der Waals surface area contributed by atoms with E-state index < -0.39 is 0 Å². The molecule has 0 spiro atoms. The van der Waals surface area contributed by atoms with Crippen molar-refractivity contribution in [1.29, 1.82) is 0 Å². The zero-order valence-electron chi connectivity index (χ0n) is 18.4. The smallest absolute Gasteiger partial charge is 0.180 e. The summed E-state index contributed by atoms with van der Waals surface area (Å²) in [4.78, 5) is 9.57. The Bertz CT molecular complexity index is 1310. The monoisotopic (exact) mass is 436 g/mol. The number of pyridine rings is 1. The lowest BCUT2D eigenvalue weighted by molar-refractivity contribution is 0.572. The number of aryl methyl sites for hydroxylation is 1. The number of hydrogen-bond donors (Lipinski definition) is 1. The molecular formula is C25H24N8. The molecule has 0 amide bonds. The second-order valence-corrected chi connectivity index (χ2v) is 7.85. The molecule has 0 radical (unpaired) electrons. The molecule has 0 aliphatic heterocycles. The van der Waals surface area contributed by atoms with E-state index in [0.29, 0.717) is 12.2 Å². The summed E-state index contributed by atoms with van der Waals surface area (Å²) >= 11 is 0. The summed E-state index contributed by atoms with van der Waals surface area (Å²) in [5.41, 5.74) is 5.06. The quantitative estimate of drug-likeness (QED) is 0.393. The van der Waals surface area contributed by atoms with Crippen molar-refractivity contribution < 1.29 is 0 Å². The molecule has 3 heterocycles. The van der Waals surface area contributed by atoms with Crippen LogP contribution in [0.25, 0.3) is 22.6 Å². The molecule has 0 aliphatic rings. The number of rotatable bonds is 8. The van der Waals surface area contributed by atoms with Crippen molar-refractivity contribution in [1.82, 2.24) is 40.4 Å². The van der Waals surface area contributed by atoms with Gasteiger partial charge in [0.1, 0.15) is 5.82 Å². The van der Waals surface area contributed by atoms with Gasteiger partial charge in [0.05, 0.1) is 5.69 Å². The van der Waals surface area contributed by atoms with E-state index in [-0.39, 0.29) is 0 Å². The Balaban J connectivity index is 1.38. The van der Waals surface area contributed by atoms with Crippen LogP contribution in [-0.2, 0) is 19.4 Å². The predicted octanol–water partition coefficient (Wildman–Crippen LogP) is 4.11. The first-order chi connectivity index (χ1) is 16.3. The van der Waals surface area contributed by atoms with Gasteiger partial charge in [-0.2, -0.15) is 5.10 Å². The summed E-state index contributed by atoms with van der Waals surface area (Å²) in [5.74, 6) is 2.43. The largest absolute Gasteiger partial charge is 0.256 e. The molecular weight excluding hydrogens is 412 g/mol. The first-order valence-electron chi connectivity index (χ1n) is 11.0. The van der Waals surface area contributed by atoms with Crippen LogP contribution in [0.5, 0.6) is 0 Å². The van der Waals surface area contributed by atoms with Crippen molar-refractivity contribution in [3.8, 4) is 22.6 Å². The SMILES string of the molecule is CCCn1nc(Cc2ccccc2)nc1Cc1ccc(-c2ccccc2-c2nnn[nH]2)nc1. The fourth-order valence-corrected chi connectivity index (χ4v) is 3.86. The first kappa shape index (κ1) is 20.7. The minimum Gasteiger partial charge on any atom is -0.256 e. The fourth-order valence-electron chi connectivity index (χ4n) is 3.86. The standard InChI is InChI=1S/C25H24N8/c1-2-14-33-24(27-23(30-33)15-18-8-4-3-5-9-18)16-19-12-13-22(26-17-19)20-10-6-7-11-21(20)25-28-31-32-29-25/h3-13,17H,2,14-16H2,1H3,(H,28,29,31,32). The highest BCUT2D eigenvalue weighted by molar-refractivity contribution is 5.78. The van der Waals surface area contributed by atoms with Gasteiger partial charge in [-0.3, -0.25) is 4.98 Å². The van der Waals surface area contributed by atoms with Gasteiger partial charge in [0.15, 0.2) is 11.6 Å². The molecule has 2 aromatic carbocycles. The number of nitrogens with one attached hydrogen (secondary N) is 1. The average Bonchev–Trinajstić information content (AvgIpc) is 3.51. The summed E-state index contributed by atoms with van der Waals surface area (Å²) in [7, 11) is 0. The normalized spacial score (nSPS) is 11.1. The Kier molecular flexibility index (Phi) is 5.97. The van der Waals surface area contributed by atoms with E-state index in [0.717, 1.165) is 53.4 Å². The van der Waals surface area contributed by atoms with E-state index >= 15 is 0 Å². The van der Waals surface area contributed by atoms with Crippen LogP contribution in [0.3, 0.4) is 0 Å². The lowest BCUT2D eigenvalue weighted by Gasteiger charge is -2.08. The molecule has 1 N–H and O–H groups in total. The third kappa shape index (κ3) is 4.69. The van der Waals surface area contributed by atoms with Crippen molar-refractivity contribution >= 4 is 0 Å². The predicted molar refractivity (Wildman–Crippen MR) is 125 cm³/mol. The van der Waals surface area contributed by atoms with E-state index in [2.05, 4.69) is 45.7 Å². The molecule has 0 saturated carbocycles. The first-order valence-corrected chi connectivity index (χ1v) is 11.0. The maximum Gasteiger partial charge on any atom is 0.180 e. The number of aromatic nitrogens is 8. The zero-order chi connectivity index (χ0) is 22.5. The lowest BCUT2D eigenvalue weighted by Crippen LogP contribution is -2.06. The lowest BCUT2D eigenvalue weighted by atomic mass is 10.0. The van der Waals surface area contributed by atoms with Gasteiger partial charge < -0.3 is 0 Å². The molecule has 33 heavy (non-hydrogen) atoms. The van der Waals surface area contributed by atoms with E-state index in [4.69, 9.17) is 15.1 Å². The van der Waals surface area contributed by atoms with Gasteiger partial charge in [0.2, 0.25) is 0 Å². The van der Waals surface area contributed by atoms with Gasteiger partial charge in [-0.05, 0) is 34.0 Å². The highest BCUT2D eigenvalue weighted by atomic mass is 15.5. The summed E-state index contributed by atoms with van der Waals surface area (Å²) in [6.07, 6.45) is 4.33. The molecule has 0 bridgehead atoms. The van der Waals surface area contributed by atoms with Crippen LogP contribution in [0.2, 0.25) is 0 Å². The molecule has 3 aromatic heterocycles. The van der Waals surface area contributed by atoms with Gasteiger partial charge in [-0.15, -0.1) is 5.10 Å². The summed E-state index contributed by atoms with van der Waals surface area (Å²) in [6, 6.07) is 22.4. The van der Waals surface area contributed by atoms with E-state index in [9.17, 15) is 0 Å². The summed E-state index contributed by atoms with van der Waals surface area (Å²) in [5, 5.41) is 19.0. The zero-order valence-corrected chi connectivity index (χ0v) is 18.4. The van der Waals surface area contributed by atoms with Crippen LogP contribution >= 0.6 is 0 Å². The summed E-state index contributed by atoms with van der Waals surface area (Å²) < 4.78 is 2.03. The number of hydrogen-bond acceptors (Lipinski definition) is 6. The Morgan fingerprint density at radius 3 is 2.39 bits per heavy atom. The van der Waals surface area contributed by atoms with E-state index in [1.165, 1.54) is 5.56 Å². The number of aromatic amines is 1. The summed E-state index contributed by atoms with van der Waals surface area (Å²) in [6.45, 7) is 3.00. The topological polar surface area (TPSA) is 98.1 Å². The van der Waals surface area contributed by atoms with Gasteiger partial charge in [-0.25, -0.2) is 14.8 Å². The third-order valence-electron chi connectivity index (χ3n) is 5.42. The van der Waals surface area contributed by atoms with Gasteiger partial charge in [0, 0.05) is 36.7 Å². The molecule has 0 fully saturated rings. The molecule has 164 valence electrons. The molecule has 0 aliphatic carbocycles. The van der Waals surface area contributed by atoms with Gasteiger partial charge in [-0.1, -0.05) is 67.6 Å². The maximum atomic E-state index is 4.85. The van der Waals surface area contributed by atoms with Crippen LogP contribution < -0.4 is 0 Å². The van der Waals surface area contributed by atoms with Crippen LogP contribution in [0.15, 0.2) is 72.9 Å². The minimum absolute atomic E-state index is 0.620. The van der Waals surface area contributed by atoms with Crippen LogP contribution in [-0.4, -0.2) is 40.4 Å². The Hall–Kier alpha value is -4.20. The minimum atomic E-state index is 0.620. The second kappa shape index (κ2) is 9.52. The molecule has 0 atom stereocenters. The van der Waals surface area contributed by atoms with Crippen LogP contribution in [0.1, 0.15) is 36.1 Å². The van der Waals surface area contributed by atoms with Crippen LogP contribution in [0.4, 0.5) is 0 Å². The van der Waals surface area contributed by atoms with Crippen molar-refractivity contribution in [2.24, 2.45) is 0 Å². The Morgan fingerprint density at radius 1 is 0.848 bits per heavy atom. The number of tetrazole rings is 1. The van der Waals surface area contributed by atoms with Gasteiger partial charge >= 0.3 is 0 Å². The van der Waals surface area contributed by atoms with Crippen molar-refractivity contribution in [2.75, 3.05) is 0 Å².